The Kier molecular flexibility index (Phi) is 17.3. The summed E-state index contributed by atoms with van der Waals surface area (Å²) < 4.78 is 4.08. The van der Waals surface area contributed by atoms with E-state index >= 15 is 0 Å². The second-order valence-corrected chi connectivity index (χ2v) is 4.66. The van der Waals surface area contributed by atoms with E-state index in [1.165, 1.54) is 5.56 Å². The summed E-state index contributed by atoms with van der Waals surface area (Å²) in [5, 5.41) is 0. The number of rotatable bonds is 2. The van der Waals surface area contributed by atoms with Gasteiger partial charge in [0.1, 0.15) is 0 Å². The summed E-state index contributed by atoms with van der Waals surface area (Å²) in [6.45, 7) is 7.75. The van der Waals surface area contributed by atoms with Gasteiger partial charge in [0, 0.05) is 13.2 Å². The van der Waals surface area contributed by atoms with Crippen LogP contribution in [0, 0.1) is 6.92 Å². The molecule has 0 N–H and O–H groups in total. The van der Waals surface area contributed by atoms with Gasteiger partial charge in [-0.1, -0.05) is 70.7 Å². The second-order valence-electron chi connectivity index (χ2n) is 2.68. The van der Waals surface area contributed by atoms with Crippen LogP contribution in [0.3, 0.4) is 0 Å². The molecule has 0 unspecified atom stereocenters. The predicted molar refractivity (Wildman–Crippen MR) is 74.7 cm³/mol. The molecule has 94 valence electrons. The SMILES string of the molecule is CCOCC.Cc1ccccc1.ClC(Cl)Cl. The minimum atomic E-state index is -0.750. The Bertz CT molecular complexity index is 210. The molecule has 0 saturated heterocycles. The zero-order valence-electron chi connectivity index (χ0n) is 9.92. The van der Waals surface area contributed by atoms with Crippen LogP contribution in [-0.4, -0.2) is 17.5 Å². The normalized spacial score (nSPS) is 8.69. The van der Waals surface area contributed by atoms with E-state index in [-0.39, 0.29) is 0 Å². The molecule has 1 aromatic rings. The molecule has 0 bridgehead atoms. The predicted octanol–water partition coefficient (Wildman–Crippen LogP) is 5.02. The third kappa shape index (κ3) is 23.7. The van der Waals surface area contributed by atoms with Crippen LogP contribution in [0.1, 0.15) is 19.4 Å². The van der Waals surface area contributed by atoms with Gasteiger partial charge in [-0.25, -0.2) is 0 Å². The van der Waals surface area contributed by atoms with Crippen molar-refractivity contribution in [1.29, 1.82) is 0 Å². The average Bonchev–Trinajstić information content (AvgIpc) is 2.20. The third-order valence-electron chi connectivity index (χ3n) is 1.35. The number of aryl methyl sites for hydroxylation is 1. The molecule has 0 fully saturated rings. The lowest BCUT2D eigenvalue weighted by atomic mass is 10.2. The maximum Gasteiger partial charge on any atom is 0.180 e. The number of hydrogen-bond donors (Lipinski definition) is 0. The molecule has 0 radical (unpaired) electrons. The van der Waals surface area contributed by atoms with Crippen LogP contribution in [0.5, 0.6) is 0 Å². The van der Waals surface area contributed by atoms with Crippen molar-refractivity contribution >= 4 is 34.8 Å². The van der Waals surface area contributed by atoms with Crippen molar-refractivity contribution in [3.8, 4) is 0 Å². The summed E-state index contributed by atoms with van der Waals surface area (Å²) in [6.07, 6.45) is 0. The Labute approximate surface area is 114 Å². The monoisotopic (exact) mass is 284 g/mol. The number of benzene rings is 1. The summed E-state index contributed by atoms with van der Waals surface area (Å²) >= 11 is 14.4. The van der Waals surface area contributed by atoms with Gasteiger partial charge in [0.25, 0.3) is 0 Å². The molecule has 1 aromatic carbocycles. The van der Waals surface area contributed by atoms with Gasteiger partial charge >= 0.3 is 0 Å². The fourth-order valence-electron chi connectivity index (χ4n) is 0.739. The first-order chi connectivity index (χ1) is 7.54. The quantitative estimate of drug-likeness (QED) is 0.693. The molecule has 0 aliphatic carbocycles. The molecule has 0 heterocycles. The minimum absolute atomic E-state index is 0.750. The van der Waals surface area contributed by atoms with Gasteiger partial charge in [-0.3, -0.25) is 0 Å². The number of alkyl halides is 3. The molecule has 0 aromatic heterocycles. The van der Waals surface area contributed by atoms with Gasteiger partial charge in [-0.05, 0) is 20.8 Å². The van der Waals surface area contributed by atoms with Crippen LogP contribution in [0.25, 0.3) is 0 Å². The van der Waals surface area contributed by atoms with Crippen molar-refractivity contribution < 1.29 is 4.74 Å². The van der Waals surface area contributed by atoms with Crippen molar-refractivity contribution in [3.63, 3.8) is 0 Å². The van der Waals surface area contributed by atoms with Gasteiger partial charge in [0.05, 0.1) is 0 Å². The molecule has 1 rings (SSSR count). The maximum absolute atomic E-state index is 4.83. The minimum Gasteiger partial charge on any atom is -0.382 e. The van der Waals surface area contributed by atoms with Gasteiger partial charge in [-0.2, -0.15) is 0 Å². The molecule has 1 nitrogen and oxygen atoms in total. The van der Waals surface area contributed by atoms with Gasteiger partial charge < -0.3 is 4.74 Å². The third-order valence-corrected chi connectivity index (χ3v) is 1.35. The largest absolute Gasteiger partial charge is 0.382 e. The van der Waals surface area contributed by atoms with E-state index in [0.29, 0.717) is 0 Å². The second kappa shape index (κ2) is 15.0. The Balaban J connectivity index is 0. The van der Waals surface area contributed by atoms with Crippen molar-refractivity contribution in [2.45, 2.75) is 25.1 Å². The molecule has 0 saturated carbocycles. The van der Waals surface area contributed by atoms with Gasteiger partial charge in [0.2, 0.25) is 0 Å². The highest BCUT2D eigenvalue weighted by Crippen LogP contribution is 2.03. The van der Waals surface area contributed by atoms with Crippen molar-refractivity contribution in [1.82, 2.24) is 0 Å². The Hall–Kier alpha value is 0.0500. The molecule has 4 heteroatoms. The number of ether oxygens (including phenoxy) is 1. The van der Waals surface area contributed by atoms with Crippen LogP contribution in [-0.2, 0) is 4.74 Å². The van der Waals surface area contributed by atoms with E-state index in [1.807, 2.05) is 32.0 Å². The summed E-state index contributed by atoms with van der Waals surface area (Å²) in [6, 6.07) is 10.3. The maximum atomic E-state index is 4.83. The lowest BCUT2D eigenvalue weighted by Crippen LogP contribution is -1.84. The highest BCUT2D eigenvalue weighted by atomic mass is 35.6. The summed E-state index contributed by atoms with van der Waals surface area (Å²) in [5.41, 5.74) is 1.32. The molecule has 0 aliphatic heterocycles. The van der Waals surface area contributed by atoms with E-state index < -0.39 is 4.30 Å². The van der Waals surface area contributed by atoms with E-state index in [4.69, 9.17) is 39.5 Å². The zero-order valence-corrected chi connectivity index (χ0v) is 12.2. The van der Waals surface area contributed by atoms with E-state index in [9.17, 15) is 0 Å². The first kappa shape index (κ1) is 18.4. The topological polar surface area (TPSA) is 9.23 Å². The summed E-state index contributed by atoms with van der Waals surface area (Å²) in [5.74, 6) is 0. The van der Waals surface area contributed by atoms with Gasteiger partial charge in [-0.15, -0.1) is 0 Å². The van der Waals surface area contributed by atoms with Crippen molar-refractivity contribution in [2.75, 3.05) is 13.2 Å². The first-order valence-electron chi connectivity index (χ1n) is 5.06. The smallest absolute Gasteiger partial charge is 0.180 e. The molecular formula is C12H19Cl3O. The number of halogens is 3. The van der Waals surface area contributed by atoms with E-state index in [1.54, 1.807) is 0 Å². The fourth-order valence-corrected chi connectivity index (χ4v) is 0.739. The van der Waals surface area contributed by atoms with Crippen LogP contribution in [0.4, 0.5) is 0 Å². The lowest BCUT2D eigenvalue weighted by molar-refractivity contribution is 0.162. The van der Waals surface area contributed by atoms with E-state index in [0.717, 1.165) is 13.2 Å². The Morgan fingerprint density at radius 2 is 1.38 bits per heavy atom. The van der Waals surface area contributed by atoms with Crippen LogP contribution >= 0.6 is 34.8 Å². The average molecular weight is 286 g/mol. The molecular weight excluding hydrogens is 266 g/mol. The van der Waals surface area contributed by atoms with Crippen LogP contribution in [0.15, 0.2) is 30.3 Å². The molecule has 0 amide bonds. The highest BCUT2D eigenvalue weighted by Gasteiger charge is 1.78. The summed E-state index contributed by atoms with van der Waals surface area (Å²) in [4.78, 5) is 0. The number of hydrogen-bond acceptors (Lipinski definition) is 1. The molecule has 0 aliphatic rings. The lowest BCUT2D eigenvalue weighted by Gasteiger charge is -1.86. The Morgan fingerprint density at radius 3 is 1.50 bits per heavy atom. The van der Waals surface area contributed by atoms with Crippen molar-refractivity contribution in [3.05, 3.63) is 35.9 Å². The molecule has 0 spiro atoms. The molecule has 16 heavy (non-hydrogen) atoms. The van der Waals surface area contributed by atoms with Crippen LogP contribution < -0.4 is 0 Å². The first-order valence-corrected chi connectivity index (χ1v) is 6.37. The zero-order chi connectivity index (χ0) is 12.8. The standard InChI is InChI=1S/C7H8.C4H10O.CHCl3/c1-7-5-3-2-4-6-7;1-3-5-4-2;2-1(3)4/h2-6H,1H3;3-4H2,1-2H3;1H. The highest BCUT2D eigenvalue weighted by molar-refractivity contribution is 6.63. The Morgan fingerprint density at radius 1 is 1.00 bits per heavy atom. The van der Waals surface area contributed by atoms with Crippen LogP contribution in [0.2, 0.25) is 0 Å². The van der Waals surface area contributed by atoms with Crippen molar-refractivity contribution in [2.24, 2.45) is 0 Å². The molecule has 0 atom stereocenters. The van der Waals surface area contributed by atoms with Gasteiger partial charge in [0.15, 0.2) is 4.30 Å². The summed E-state index contributed by atoms with van der Waals surface area (Å²) in [7, 11) is 0. The van der Waals surface area contributed by atoms with E-state index in [2.05, 4.69) is 19.1 Å². The fraction of sp³-hybridized carbons (Fsp3) is 0.500.